The predicted octanol–water partition coefficient (Wildman–Crippen LogP) is 5.18. The summed E-state index contributed by atoms with van der Waals surface area (Å²) in [7, 11) is 1.35. The molecule has 1 N–H and O–H groups in total. The molecule has 6 nitrogen and oxygen atoms in total. The van der Waals surface area contributed by atoms with Gasteiger partial charge in [-0.15, -0.1) is 0 Å². The van der Waals surface area contributed by atoms with Crippen LogP contribution in [-0.2, 0) is 27.3 Å². The summed E-state index contributed by atoms with van der Waals surface area (Å²) in [6.45, 7) is 0.868. The minimum absolute atomic E-state index is 0.279. The van der Waals surface area contributed by atoms with Crippen LogP contribution in [0.1, 0.15) is 29.5 Å². The van der Waals surface area contributed by atoms with E-state index in [-0.39, 0.29) is 12.7 Å². The van der Waals surface area contributed by atoms with Crippen molar-refractivity contribution in [1.29, 1.82) is 0 Å². The summed E-state index contributed by atoms with van der Waals surface area (Å²) in [6.07, 6.45) is 7.16. The lowest BCUT2D eigenvalue weighted by molar-refractivity contribution is -0.134. The topological polar surface area (TPSA) is 77.5 Å². The molecule has 0 atom stereocenters. The van der Waals surface area contributed by atoms with Crippen LogP contribution < -0.4 is 5.32 Å². The molecule has 0 aliphatic heterocycles. The second-order valence-electron chi connectivity index (χ2n) is 7.48. The van der Waals surface area contributed by atoms with E-state index in [1.807, 2.05) is 42.5 Å². The monoisotopic (exact) mass is 444 g/mol. The van der Waals surface area contributed by atoms with Gasteiger partial charge in [0.15, 0.2) is 0 Å². The summed E-state index contributed by atoms with van der Waals surface area (Å²) in [5.74, 6) is -0.395. The van der Waals surface area contributed by atoms with E-state index in [0.717, 1.165) is 41.6 Å². The highest BCUT2D eigenvalue weighted by Gasteiger charge is 2.03. The quantitative estimate of drug-likeness (QED) is 0.265. The largest absolute Gasteiger partial charge is 0.466 e. The fourth-order valence-electron chi connectivity index (χ4n) is 3.17. The van der Waals surface area contributed by atoms with Gasteiger partial charge in [-0.3, -0.25) is 4.98 Å². The molecule has 0 saturated heterocycles. The van der Waals surface area contributed by atoms with Gasteiger partial charge in [0.05, 0.1) is 12.8 Å². The number of ether oxygens (including phenoxy) is 2. The molecule has 0 unspecified atom stereocenters. The SMILES string of the molecule is COC(=O)/C=C/c1ccc(-c2ccc(CCCCNC(=O)OCc3ccccc3)cc2)nc1. The van der Waals surface area contributed by atoms with Crippen molar-refractivity contribution in [2.24, 2.45) is 0 Å². The van der Waals surface area contributed by atoms with Gasteiger partial charge >= 0.3 is 12.1 Å². The summed E-state index contributed by atoms with van der Waals surface area (Å²) < 4.78 is 9.79. The lowest BCUT2D eigenvalue weighted by Crippen LogP contribution is -2.25. The first-order valence-corrected chi connectivity index (χ1v) is 10.9. The molecule has 0 fully saturated rings. The lowest BCUT2D eigenvalue weighted by Gasteiger charge is -2.07. The number of rotatable bonds is 10. The highest BCUT2D eigenvalue weighted by molar-refractivity contribution is 5.86. The van der Waals surface area contributed by atoms with Crippen LogP contribution in [0.3, 0.4) is 0 Å². The number of unbranched alkanes of at least 4 members (excludes halogenated alkanes) is 1. The van der Waals surface area contributed by atoms with Crippen molar-refractivity contribution < 1.29 is 19.1 Å². The molecule has 2 aromatic carbocycles. The average molecular weight is 445 g/mol. The number of aromatic nitrogens is 1. The Morgan fingerprint density at radius 3 is 2.42 bits per heavy atom. The first-order valence-electron chi connectivity index (χ1n) is 10.9. The summed E-state index contributed by atoms with van der Waals surface area (Å²) >= 11 is 0. The van der Waals surface area contributed by atoms with Crippen molar-refractivity contribution in [3.05, 3.63) is 95.7 Å². The molecule has 0 spiro atoms. The zero-order valence-corrected chi connectivity index (χ0v) is 18.7. The van der Waals surface area contributed by atoms with Crippen LogP contribution in [0, 0.1) is 0 Å². The van der Waals surface area contributed by atoms with Crippen LogP contribution in [0.2, 0.25) is 0 Å². The fraction of sp³-hybridized carbons (Fsp3) is 0.222. The number of esters is 1. The highest BCUT2D eigenvalue weighted by Crippen LogP contribution is 2.19. The zero-order valence-electron chi connectivity index (χ0n) is 18.7. The van der Waals surface area contributed by atoms with E-state index in [1.54, 1.807) is 12.3 Å². The highest BCUT2D eigenvalue weighted by atomic mass is 16.5. The lowest BCUT2D eigenvalue weighted by atomic mass is 10.0. The van der Waals surface area contributed by atoms with Gasteiger partial charge in [-0.1, -0.05) is 60.7 Å². The second-order valence-corrected chi connectivity index (χ2v) is 7.48. The maximum absolute atomic E-state index is 11.8. The Kier molecular flexibility index (Phi) is 9.21. The van der Waals surface area contributed by atoms with E-state index in [4.69, 9.17) is 4.74 Å². The summed E-state index contributed by atoms with van der Waals surface area (Å²) in [6, 6.07) is 21.8. The fourth-order valence-corrected chi connectivity index (χ4v) is 3.17. The number of pyridine rings is 1. The number of amides is 1. The Morgan fingerprint density at radius 2 is 1.73 bits per heavy atom. The maximum atomic E-state index is 11.8. The number of alkyl carbamates (subject to hydrolysis) is 1. The van der Waals surface area contributed by atoms with Crippen molar-refractivity contribution in [1.82, 2.24) is 10.3 Å². The minimum atomic E-state index is -0.395. The molecular formula is C27H28N2O4. The van der Waals surface area contributed by atoms with E-state index in [9.17, 15) is 9.59 Å². The molecule has 6 heteroatoms. The Balaban J connectivity index is 1.36. The van der Waals surface area contributed by atoms with Gasteiger partial charge in [0.25, 0.3) is 0 Å². The van der Waals surface area contributed by atoms with Crippen molar-refractivity contribution in [3.63, 3.8) is 0 Å². The normalized spacial score (nSPS) is 10.7. The molecular weight excluding hydrogens is 416 g/mol. The standard InChI is InChI=1S/C27H28N2O4/c1-32-26(30)17-13-22-12-16-25(29-19-22)24-14-10-21(11-15-24)7-5-6-18-28-27(31)33-20-23-8-3-2-4-9-23/h2-4,8-17,19H,5-7,18,20H2,1H3,(H,28,31)/b17-13+. The molecule has 0 radical (unpaired) electrons. The van der Waals surface area contributed by atoms with Crippen LogP contribution in [0.5, 0.6) is 0 Å². The smallest absolute Gasteiger partial charge is 0.407 e. The van der Waals surface area contributed by atoms with E-state index < -0.39 is 5.97 Å². The summed E-state index contributed by atoms with van der Waals surface area (Å²) in [5, 5.41) is 2.79. The molecule has 170 valence electrons. The van der Waals surface area contributed by atoms with Gasteiger partial charge in [-0.05, 0) is 48.1 Å². The van der Waals surface area contributed by atoms with Crippen molar-refractivity contribution in [3.8, 4) is 11.3 Å². The summed E-state index contributed by atoms with van der Waals surface area (Å²) in [5.41, 5.74) is 4.94. The molecule has 1 aromatic heterocycles. The number of hydrogen-bond acceptors (Lipinski definition) is 5. The third-order valence-corrected chi connectivity index (χ3v) is 5.02. The van der Waals surface area contributed by atoms with Crippen LogP contribution in [0.25, 0.3) is 17.3 Å². The van der Waals surface area contributed by atoms with Gasteiger partial charge in [0.1, 0.15) is 6.61 Å². The number of carbonyl (C=O) groups excluding carboxylic acids is 2. The van der Waals surface area contributed by atoms with E-state index in [1.165, 1.54) is 18.7 Å². The van der Waals surface area contributed by atoms with Gasteiger partial charge in [-0.2, -0.15) is 0 Å². The van der Waals surface area contributed by atoms with Gasteiger partial charge in [-0.25, -0.2) is 9.59 Å². The Labute approximate surface area is 194 Å². The molecule has 0 aliphatic rings. The second kappa shape index (κ2) is 12.8. The van der Waals surface area contributed by atoms with E-state index in [0.29, 0.717) is 6.54 Å². The molecule has 0 saturated carbocycles. The van der Waals surface area contributed by atoms with Crippen LogP contribution in [0.4, 0.5) is 4.79 Å². The number of carbonyl (C=O) groups is 2. The first-order chi connectivity index (χ1) is 16.1. The molecule has 0 bridgehead atoms. The molecule has 33 heavy (non-hydrogen) atoms. The van der Waals surface area contributed by atoms with E-state index in [2.05, 4.69) is 39.3 Å². The average Bonchev–Trinajstić information content (AvgIpc) is 2.87. The van der Waals surface area contributed by atoms with Gasteiger partial charge < -0.3 is 14.8 Å². The van der Waals surface area contributed by atoms with Crippen LogP contribution in [0.15, 0.2) is 79.0 Å². The molecule has 1 amide bonds. The molecule has 0 aliphatic carbocycles. The van der Waals surface area contributed by atoms with Gasteiger partial charge in [0, 0.05) is 24.4 Å². The van der Waals surface area contributed by atoms with Crippen molar-refractivity contribution >= 4 is 18.1 Å². The van der Waals surface area contributed by atoms with Crippen LogP contribution >= 0.6 is 0 Å². The van der Waals surface area contributed by atoms with Crippen molar-refractivity contribution in [2.75, 3.05) is 13.7 Å². The van der Waals surface area contributed by atoms with E-state index >= 15 is 0 Å². The minimum Gasteiger partial charge on any atom is -0.466 e. The predicted molar refractivity (Wildman–Crippen MR) is 128 cm³/mol. The van der Waals surface area contributed by atoms with Gasteiger partial charge in [0.2, 0.25) is 0 Å². The Bertz CT molecular complexity index is 1050. The number of nitrogens with zero attached hydrogens (tertiary/aromatic N) is 1. The molecule has 1 heterocycles. The molecule has 3 aromatic rings. The Hall–Kier alpha value is -3.93. The number of benzene rings is 2. The number of aryl methyl sites for hydroxylation is 1. The molecule has 3 rings (SSSR count). The van der Waals surface area contributed by atoms with Crippen molar-refractivity contribution in [2.45, 2.75) is 25.9 Å². The Morgan fingerprint density at radius 1 is 0.939 bits per heavy atom. The summed E-state index contributed by atoms with van der Waals surface area (Å²) in [4.78, 5) is 27.4. The zero-order chi connectivity index (χ0) is 23.3. The number of methoxy groups -OCH3 is 1. The third kappa shape index (κ3) is 8.26. The third-order valence-electron chi connectivity index (χ3n) is 5.02. The van der Waals surface area contributed by atoms with Crippen LogP contribution in [-0.4, -0.2) is 30.7 Å². The number of nitrogens with one attached hydrogen (secondary N) is 1. The first kappa shape index (κ1) is 23.7. The number of hydrogen-bond donors (Lipinski definition) is 1. The maximum Gasteiger partial charge on any atom is 0.407 e.